The van der Waals surface area contributed by atoms with Crippen LogP contribution in [0.1, 0.15) is 21.8 Å². The molecule has 2 N–H and O–H groups in total. The molecular formula is C23H19ClFN5O3S. The van der Waals surface area contributed by atoms with Crippen LogP contribution < -0.4 is 16.2 Å². The van der Waals surface area contributed by atoms with Crippen molar-refractivity contribution in [1.29, 1.82) is 0 Å². The number of nitrogens with zero attached hydrogens (tertiary/aromatic N) is 3. The Labute approximate surface area is 203 Å². The van der Waals surface area contributed by atoms with Crippen molar-refractivity contribution in [3.63, 3.8) is 0 Å². The van der Waals surface area contributed by atoms with E-state index >= 15 is 0 Å². The highest BCUT2D eigenvalue weighted by Gasteiger charge is 2.26. The summed E-state index contributed by atoms with van der Waals surface area (Å²) in [6, 6.07) is 13.2. The molecular weight excluding hydrogens is 481 g/mol. The molecule has 2 heterocycles. The van der Waals surface area contributed by atoms with E-state index in [0.717, 1.165) is 0 Å². The molecule has 0 unspecified atom stereocenters. The minimum atomic E-state index is -0.692. The van der Waals surface area contributed by atoms with Crippen molar-refractivity contribution in [1.82, 2.24) is 19.8 Å². The van der Waals surface area contributed by atoms with Gasteiger partial charge in [-0.25, -0.2) is 9.07 Å². The molecule has 0 radical (unpaired) electrons. The molecule has 0 atom stereocenters. The van der Waals surface area contributed by atoms with Gasteiger partial charge >= 0.3 is 0 Å². The topological polar surface area (TPSA) is 94.1 Å². The summed E-state index contributed by atoms with van der Waals surface area (Å²) in [4.78, 5) is 26.1. The number of hydrogen-bond donors (Lipinski definition) is 2. The maximum Gasteiger partial charge on any atom is 0.295 e. The van der Waals surface area contributed by atoms with Crippen LogP contribution in [0.3, 0.4) is 0 Å². The minimum Gasteiger partial charge on any atom is -0.360 e. The number of nitrogens with one attached hydrogen (secondary N) is 2. The van der Waals surface area contributed by atoms with E-state index in [1.807, 2.05) is 18.2 Å². The predicted octanol–water partition coefficient (Wildman–Crippen LogP) is 4.37. The van der Waals surface area contributed by atoms with Gasteiger partial charge in [-0.3, -0.25) is 19.6 Å². The number of para-hydroxylation sites is 1. The Balaban J connectivity index is 1.61. The van der Waals surface area contributed by atoms with Crippen molar-refractivity contribution in [2.45, 2.75) is 13.8 Å². The van der Waals surface area contributed by atoms with E-state index in [9.17, 15) is 14.0 Å². The zero-order chi connectivity index (χ0) is 24.6. The molecule has 0 saturated carbocycles. The van der Waals surface area contributed by atoms with Gasteiger partial charge in [0, 0.05) is 7.05 Å². The summed E-state index contributed by atoms with van der Waals surface area (Å²) in [6.07, 6.45) is 0. The lowest BCUT2D eigenvalue weighted by Crippen LogP contribution is -2.36. The number of hydrogen-bond acceptors (Lipinski definition) is 5. The molecule has 0 aliphatic carbocycles. The van der Waals surface area contributed by atoms with Crippen LogP contribution in [0.2, 0.25) is 5.02 Å². The Morgan fingerprint density at radius 3 is 2.53 bits per heavy atom. The van der Waals surface area contributed by atoms with Crippen LogP contribution in [0.15, 0.2) is 57.8 Å². The fourth-order valence-electron chi connectivity index (χ4n) is 3.56. The number of amides is 1. The summed E-state index contributed by atoms with van der Waals surface area (Å²) >= 11 is 11.4. The summed E-state index contributed by atoms with van der Waals surface area (Å²) in [7, 11) is 1.74. The lowest BCUT2D eigenvalue weighted by atomic mass is 10.1. The van der Waals surface area contributed by atoms with Gasteiger partial charge in [0.15, 0.2) is 5.11 Å². The normalized spacial score (nSPS) is 10.9. The maximum absolute atomic E-state index is 14.4. The zero-order valence-corrected chi connectivity index (χ0v) is 19.9. The molecule has 2 aromatic heterocycles. The number of rotatable bonds is 4. The molecule has 34 heavy (non-hydrogen) atoms. The zero-order valence-electron chi connectivity index (χ0n) is 18.3. The second kappa shape index (κ2) is 9.24. The van der Waals surface area contributed by atoms with Gasteiger partial charge in [0.2, 0.25) is 0 Å². The third-order valence-corrected chi connectivity index (χ3v) is 5.83. The summed E-state index contributed by atoms with van der Waals surface area (Å²) in [5.41, 5.74) is 0.998. The Morgan fingerprint density at radius 2 is 1.85 bits per heavy atom. The monoisotopic (exact) mass is 499 g/mol. The average molecular weight is 500 g/mol. The summed E-state index contributed by atoms with van der Waals surface area (Å²) in [6.45, 7) is 3.26. The molecule has 4 rings (SSSR count). The molecule has 174 valence electrons. The van der Waals surface area contributed by atoms with E-state index in [4.69, 9.17) is 28.3 Å². The van der Waals surface area contributed by atoms with Crippen LogP contribution in [-0.2, 0) is 7.05 Å². The third kappa shape index (κ3) is 4.13. The molecule has 4 aromatic rings. The van der Waals surface area contributed by atoms with E-state index in [2.05, 4.69) is 15.8 Å². The number of carbonyl (C=O) groups is 1. The minimum absolute atomic E-state index is 0.0253. The van der Waals surface area contributed by atoms with Crippen LogP contribution in [0.5, 0.6) is 0 Å². The number of thiocarbonyl (C=S) groups is 1. The van der Waals surface area contributed by atoms with Gasteiger partial charge in [-0.05, 0) is 50.3 Å². The van der Waals surface area contributed by atoms with E-state index in [1.165, 1.54) is 29.8 Å². The quantitative estimate of drug-likeness (QED) is 0.405. The average Bonchev–Trinajstić information content (AvgIpc) is 3.27. The highest BCUT2D eigenvalue weighted by Crippen LogP contribution is 2.33. The third-order valence-electron chi connectivity index (χ3n) is 5.31. The second-order valence-corrected chi connectivity index (χ2v) is 8.22. The maximum atomic E-state index is 14.4. The van der Waals surface area contributed by atoms with Gasteiger partial charge in [-0.1, -0.05) is 41.0 Å². The number of aromatic nitrogens is 3. The second-order valence-electron chi connectivity index (χ2n) is 7.40. The van der Waals surface area contributed by atoms with E-state index < -0.39 is 11.7 Å². The molecule has 0 aliphatic rings. The Bertz CT molecular complexity index is 1460. The fourth-order valence-corrected chi connectivity index (χ4v) is 4.00. The first-order valence-corrected chi connectivity index (χ1v) is 10.9. The van der Waals surface area contributed by atoms with Gasteiger partial charge in [0.25, 0.3) is 11.5 Å². The Hall–Kier alpha value is -3.76. The standard InChI is InChI=1S/C23H19ClFN5O3S/c1-12-19(22(32)30(29(12)3)14-8-5-4-6-9-14)26-23(34)27-21(31)17-13(2)33-28-20(17)18-15(24)10-7-11-16(18)25/h4-11H,1-3H3,(H2,26,27,31,34). The molecule has 0 fully saturated rings. The van der Waals surface area contributed by atoms with Crippen LogP contribution in [0.25, 0.3) is 16.9 Å². The van der Waals surface area contributed by atoms with Crippen molar-refractivity contribution < 1.29 is 13.7 Å². The molecule has 0 bridgehead atoms. The molecule has 11 heteroatoms. The van der Waals surface area contributed by atoms with Crippen LogP contribution in [-0.4, -0.2) is 25.5 Å². The molecule has 0 aliphatic heterocycles. The molecule has 1 amide bonds. The Morgan fingerprint density at radius 1 is 1.15 bits per heavy atom. The highest BCUT2D eigenvalue weighted by atomic mass is 35.5. The van der Waals surface area contributed by atoms with E-state index in [0.29, 0.717) is 11.4 Å². The summed E-state index contributed by atoms with van der Waals surface area (Å²) in [5, 5.41) is 9.07. The first-order chi connectivity index (χ1) is 16.2. The summed E-state index contributed by atoms with van der Waals surface area (Å²) in [5.74, 6) is -1.20. The van der Waals surface area contributed by atoms with Gasteiger partial charge in [0.1, 0.15) is 28.5 Å². The molecule has 2 aromatic carbocycles. The smallest absolute Gasteiger partial charge is 0.295 e. The van der Waals surface area contributed by atoms with Gasteiger partial charge < -0.3 is 9.84 Å². The van der Waals surface area contributed by atoms with Crippen molar-refractivity contribution in [2.24, 2.45) is 7.05 Å². The first kappa shape index (κ1) is 23.4. The number of benzene rings is 2. The number of halogens is 2. The van der Waals surface area contributed by atoms with Gasteiger partial charge in [-0.2, -0.15) is 0 Å². The van der Waals surface area contributed by atoms with E-state index in [1.54, 1.807) is 30.8 Å². The highest BCUT2D eigenvalue weighted by molar-refractivity contribution is 7.80. The number of anilines is 1. The van der Waals surface area contributed by atoms with Crippen molar-refractivity contribution in [3.05, 3.63) is 86.7 Å². The number of aryl methyl sites for hydroxylation is 1. The SMILES string of the molecule is Cc1onc(-c2c(F)cccc2Cl)c1C(=O)NC(=S)Nc1c(C)n(C)n(-c2ccccc2)c1=O. The van der Waals surface area contributed by atoms with Crippen molar-refractivity contribution in [3.8, 4) is 16.9 Å². The van der Waals surface area contributed by atoms with Crippen molar-refractivity contribution >= 4 is 40.5 Å². The van der Waals surface area contributed by atoms with Gasteiger partial charge in [-0.15, -0.1) is 0 Å². The predicted molar refractivity (Wildman–Crippen MR) is 131 cm³/mol. The molecule has 8 nitrogen and oxygen atoms in total. The lowest BCUT2D eigenvalue weighted by Gasteiger charge is -2.09. The van der Waals surface area contributed by atoms with Crippen molar-refractivity contribution in [2.75, 3.05) is 5.32 Å². The van der Waals surface area contributed by atoms with Crippen LogP contribution in [0, 0.1) is 19.7 Å². The summed E-state index contributed by atoms with van der Waals surface area (Å²) < 4.78 is 22.7. The van der Waals surface area contributed by atoms with E-state index in [-0.39, 0.29) is 44.0 Å². The fraction of sp³-hybridized carbons (Fsp3) is 0.130. The lowest BCUT2D eigenvalue weighted by molar-refractivity contribution is 0.0977. The van der Waals surface area contributed by atoms with Gasteiger partial charge in [0.05, 0.1) is 22.0 Å². The van der Waals surface area contributed by atoms with Crippen LogP contribution >= 0.6 is 23.8 Å². The Kier molecular flexibility index (Phi) is 6.36. The first-order valence-electron chi connectivity index (χ1n) is 10.1. The molecule has 0 saturated heterocycles. The molecule has 0 spiro atoms. The van der Waals surface area contributed by atoms with Crippen LogP contribution in [0.4, 0.5) is 10.1 Å². The largest absolute Gasteiger partial charge is 0.360 e. The number of carbonyl (C=O) groups excluding carboxylic acids is 1.